The van der Waals surface area contributed by atoms with E-state index in [0.29, 0.717) is 6.54 Å². The smallest absolute Gasteiger partial charge is 0.264 e. The number of rotatable bonds is 14. The van der Waals surface area contributed by atoms with E-state index in [-0.39, 0.29) is 29.5 Å². The van der Waals surface area contributed by atoms with Crippen LogP contribution in [0.3, 0.4) is 0 Å². The molecular weight excluding hydrogens is 589 g/mol. The maximum atomic E-state index is 15.2. The Kier molecular flexibility index (Phi) is 11.5. The van der Waals surface area contributed by atoms with Crippen LogP contribution in [0.5, 0.6) is 0 Å². The molecule has 45 heavy (non-hydrogen) atoms. The Bertz CT molecular complexity index is 1680. The van der Waals surface area contributed by atoms with Crippen LogP contribution in [0.15, 0.2) is 108 Å². The van der Waals surface area contributed by atoms with Gasteiger partial charge in [-0.25, -0.2) is 12.8 Å². The van der Waals surface area contributed by atoms with Crippen LogP contribution < -0.4 is 9.62 Å². The molecule has 0 aliphatic carbocycles. The fourth-order valence-electron chi connectivity index (χ4n) is 4.96. The summed E-state index contributed by atoms with van der Waals surface area (Å²) in [5, 5.41) is 2.96. The number of para-hydroxylation sites is 1. The Balaban J connectivity index is 1.79. The van der Waals surface area contributed by atoms with E-state index in [2.05, 4.69) is 5.32 Å². The van der Waals surface area contributed by atoms with Gasteiger partial charge in [-0.05, 0) is 55.7 Å². The van der Waals surface area contributed by atoms with Crippen molar-refractivity contribution in [3.8, 4) is 0 Å². The van der Waals surface area contributed by atoms with E-state index < -0.39 is 34.3 Å². The average Bonchev–Trinajstić information content (AvgIpc) is 3.03. The summed E-state index contributed by atoms with van der Waals surface area (Å²) in [5.74, 6) is -1.77. The first-order valence-corrected chi connectivity index (χ1v) is 16.5. The minimum Gasteiger partial charge on any atom is -0.354 e. The molecule has 4 aromatic rings. The van der Waals surface area contributed by atoms with Gasteiger partial charge < -0.3 is 10.2 Å². The second kappa shape index (κ2) is 15.5. The normalized spacial score (nSPS) is 11.9. The topological polar surface area (TPSA) is 86.8 Å². The highest BCUT2D eigenvalue weighted by atomic mass is 32.2. The number of nitrogens with zero attached hydrogens (tertiary/aromatic N) is 2. The molecule has 4 rings (SSSR count). The lowest BCUT2D eigenvalue weighted by Gasteiger charge is -2.34. The van der Waals surface area contributed by atoms with Crippen molar-refractivity contribution in [2.75, 3.05) is 17.4 Å². The molecule has 0 fully saturated rings. The van der Waals surface area contributed by atoms with E-state index in [1.165, 1.54) is 35.2 Å². The number of carbonyl (C=O) groups excluding carboxylic acids is 2. The van der Waals surface area contributed by atoms with Gasteiger partial charge in [0, 0.05) is 19.5 Å². The molecule has 0 spiro atoms. The van der Waals surface area contributed by atoms with E-state index >= 15 is 4.39 Å². The van der Waals surface area contributed by atoms with Crippen LogP contribution in [0.1, 0.15) is 42.0 Å². The highest BCUT2D eigenvalue weighted by molar-refractivity contribution is 7.92. The fraction of sp³-hybridized carbons (Fsp3) is 0.278. The average molecular weight is 630 g/mol. The zero-order chi connectivity index (χ0) is 32.4. The Hall–Kier alpha value is -4.50. The summed E-state index contributed by atoms with van der Waals surface area (Å²) in [7, 11) is -4.38. The summed E-state index contributed by atoms with van der Waals surface area (Å²) in [5.41, 5.74) is 3.24. The van der Waals surface area contributed by atoms with Crippen LogP contribution in [0.25, 0.3) is 0 Å². The highest BCUT2D eigenvalue weighted by Crippen LogP contribution is 2.27. The minimum absolute atomic E-state index is 0.0491. The summed E-state index contributed by atoms with van der Waals surface area (Å²) in [6.07, 6.45) is 1.86. The van der Waals surface area contributed by atoms with Crippen molar-refractivity contribution >= 4 is 27.5 Å². The third-order valence-corrected chi connectivity index (χ3v) is 9.36. The van der Waals surface area contributed by atoms with Gasteiger partial charge in [0.2, 0.25) is 11.8 Å². The number of carbonyl (C=O) groups is 2. The number of aryl methyl sites for hydroxylation is 2. The van der Waals surface area contributed by atoms with Crippen molar-refractivity contribution in [1.29, 1.82) is 0 Å². The van der Waals surface area contributed by atoms with Gasteiger partial charge in [-0.1, -0.05) is 103 Å². The van der Waals surface area contributed by atoms with E-state index in [0.717, 1.165) is 45.5 Å². The molecular formula is C36H40FN3O4S. The summed E-state index contributed by atoms with van der Waals surface area (Å²) in [4.78, 5) is 29.5. The number of benzene rings is 4. The highest BCUT2D eigenvalue weighted by Gasteiger charge is 2.35. The van der Waals surface area contributed by atoms with Crippen molar-refractivity contribution in [3.05, 3.63) is 131 Å². The van der Waals surface area contributed by atoms with E-state index in [9.17, 15) is 18.0 Å². The molecule has 1 N–H and O–H groups in total. The van der Waals surface area contributed by atoms with Gasteiger partial charge >= 0.3 is 0 Å². The second-order valence-corrected chi connectivity index (χ2v) is 13.0. The van der Waals surface area contributed by atoms with Crippen LogP contribution >= 0.6 is 0 Å². The number of hydrogen-bond donors (Lipinski definition) is 1. The molecule has 236 valence electrons. The zero-order valence-corrected chi connectivity index (χ0v) is 26.8. The Labute approximate surface area is 265 Å². The lowest BCUT2D eigenvalue weighted by molar-refractivity contribution is -0.140. The van der Waals surface area contributed by atoms with Crippen LogP contribution in [0.2, 0.25) is 0 Å². The van der Waals surface area contributed by atoms with Gasteiger partial charge in [0.1, 0.15) is 18.4 Å². The zero-order valence-electron chi connectivity index (χ0n) is 25.9. The number of unbranched alkanes of at least 4 members (excludes halogenated alkanes) is 1. The first-order valence-electron chi connectivity index (χ1n) is 15.1. The molecule has 9 heteroatoms. The first-order chi connectivity index (χ1) is 21.6. The predicted octanol–water partition coefficient (Wildman–Crippen LogP) is 6.19. The third kappa shape index (κ3) is 8.79. The monoisotopic (exact) mass is 629 g/mol. The number of sulfonamides is 1. The van der Waals surface area contributed by atoms with Gasteiger partial charge in [0.25, 0.3) is 10.0 Å². The summed E-state index contributed by atoms with van der Waals surface area (Å²) >= 11 is 0. The molecule has 0 aliphatic rings. The lowest BCUT2D eigenvalue weighted by Crippen LogP contribution is -2.53. The lowest BCUT2D eigenvalue weighted by atomic mass is 10.0. The number of halogens is 1. The Morgan fingerprint density at radius 1 is 0.800 bits per heavy atom. The number of amides is 2. The number of anilines is 1. The quantitative estimate of drug-likeness (QED) is 0.169. The van der Waals surface area contributed by atoms with Crippen molar-refractivity contribution in [2.24, 2.45) is 0 Å². The molecule has 0 saturated heterocycles. The molecule has 0 radical (unpaired) electrons. The number of nitrogens with one attached hydrogen (secondary N) is 1. The Morgan fingerprint density at radius 2 is 1.40 bits per heavy atom. The molecule has 0 saturated carbocycles. The molecule has 2 amide bonds. The van der Waals surface area contributed by atoms with Crippen molar-refractivity contribution in [1.82, 2.24) is 10.2 Å². The van der Waals surface area contributed by atoms with Gasteiger partial charge in [0.05, 0.1) is 10.6 Å². The van der Waals surface area contributed by atoms with Crippen LogP contribution in [-0.2, 0) is 32.6 Å². The maximum absolute atomic E-state index is 15.2. The van der Waals surface area contributed by atoms with Gasteiger partial charge in [-0.3, -0.25) is 13.9 Å². The summed E-state index contributed by atoms with van der Waals surface area (Å²) < 4.78 is 44.1. The summed E-state index contributed by atoms with van der Waals surface area (Å²) in [6, 6.07) is 27.6. The first kappa shape index (κ1) is 33.4. The fourth-order valence-corrected chi connectivity index (χ4v) is 6.38. The molecule has 0 aliphatic heterocycles. The van der Waals surface area contributed by atoms with Crippen molar-refractivity contribution < 1.29 is 22.4 Å². The standard InChI is InChI=1S/C36H40FN3O4S/c1-4-5-23-38-36(42)34(24-29-11-7-6-8-12-29)39(25-30-19-15-27(2)16-20-30)35(41)26-40(33-14-10-9-13-32(33)37)45(43,44)31-21-17-28(3)18-22-31/h6-22,34H,4-5,23-26H2,1-3H3,(H,38,42)/t34-/m1/s1. The van der Waals surface area contributed by atoms with E-state index in [4.69, 9.17) is 0 Å². The molecule has 0 aromatic heterocycles. The largest absolute Gasteiger partial charge is 0.354 e. The van der Waals surface area contributed by atoms with Gasteiger partial charge in [-0.2, -0.15) is 0 Å². The van der Waals surface area contributed by atoms with Gasteiger partial charge in [-0.15, -0.1) is 0 Å². The summed E-state index contributed by atoms with van der Waals surface area (Å²) in [6.45, 7) is 5.58. The Morgan fingerprint density at radius 3 is 2.02 bits per heavy atom. The minimum atomic E-state index is -4.38. The predicted molar refractivity (Wildman–Crippen MR) is 176 cm³/mol. The molecule has 1 atom stereocenters. The van der Waals surface area contributed by atoms with Crippen molar-refractivity contribution in [3.63, 3.8) is 0 Å². The van der Waals surface area contributed by atoms with Crippen LogP contribution in [-0.4, -0.2) is 44.3 Å². The molecule has 4 aromatic carbocycles. The van der Waals surface area contributed by atoms with Crippen molar-refractivity contribution in [2.45, 2.75) is 57.5 Å². The molecule has 0 heterocycles. The maximum Gasteiger partial charge on any atom is 0.264 e. The SMILES string of the molecule is CCCCNC(=O)[C@@H](Cc1ccccc1)N(Cc1ccc(C)cc1)C(=O)CN(c1ccccc1F)S(=O)(=O)c1ccc(C)cc1. The van der Waals surface area contributed by atoms with Crippen LogP contribution in [0.4, 0.5) is 10.1 Å². The van der Waals surface area contributed by atoms with E-state index in [1.807, 2.05) is 75.4 Å². The molecule has 7 nitrogen and oxygen atoms in total. The molecule has 0 unspecified atom stereocenters. The second-order valence-electron chi connectivity index (χ2n) is 11.1. The van der Waals surface area contributed by atoms with Gasteiger partial charge in [0.15, 0.2) is 0 Å². The van der Waals surface area contributed by atoms with Crippen LogP contribution in [0, 0.1) is 19.7 Å². The third-order valence-electron chi connectivity index (χ3n) is 7.58. The number of hydrogen-bond acceptors (Lipinski definition) is 4. The molecule has 0 bridgehead atoms. The van der Waals surface area contributed by atoms with E-state index in [1.54, 1.807) is 12.1 Å².